The van der Waals surface area contributed by atoms with Crippen molar-refractivity contribution in [1.82, 2.24) is 10.6 Å². The van der Waals surface area contributed by atoms with Gasteiger partial charge in [0, 0.05) is 23.7 Å². The molecule has 1 saturated carbocycles. The molecule has 1 fully saturated rings. The number of benzene rings is 2. The lowest BCUT2D eigenvalue weighted by Crippen LogP contribution is -2.30. The summed E-state index contributed by atoms with van der Waals surface area (Å²) in [7, 11) is 0. The van der Waals surface area contributed by atoms with Crippen molar-refractivity contribution in [3.63, 3.8) is 0 Å². The fourth-order valence-electron chi connectivity index (χ4n) is 2.68. The van der Waals surface area contributed by atoms with Gasteiger partial charge in [-0.1, -0.05) is 48.0 Å². The number of nitrogens with one attached hydrogen (secondary N) is 2. The number of rotatable bonds is 6. The van der Waals surface area contributed by atoms with Crippen LogP contribution in [-0.4, -0.2) is 11.8 Å². The third kappa shape index (κ3) is 4.37. The van der Waals surface area contributed by atoms with Crippen molar-refractivity contribution >= 4 is 23.4 Å². The van der Waals surface area contributed by atoms with E-state index >= 15 is 0 Å². The summed E-state index contributed by atoms with van der Waals surface area (Å²) in [5.41, 5.74) is 1.26. The minimum Gasteiger partial charge on any atom is -0.352 e. The highest BCUT2D eigenvalue weighted by Crippen LogP contribution is 2.39. The summed E-state index contributed by atoms with van der Waals surface area (Å²) >= 11 is 6.05. The monoisotopic (exact) mass is 360 g/mol. The summed E-state index contributed by atoms with van der Waals surface area (Å²) < 4.78 is 13.5. The molecule has 2 aromatic rings. The molecule has 2 aromatic carbocycles. The molecule has 6 heteroatoms. The predicted octanol–water partition coefficient (Wildman–Crippen LogP) is 3.05. The maximum atomic E-state index is 13.5. The van der Waals surface area contributed by atoms with Gasteiger partial charge < -0.3 is 10.6 Å². The molecule has 130 valence electrons. The first kappa shape index (κ1) is 17.4. The first-order chi connectivity index (χ1) is 12.1. The lowest BCUT2D eigenvalue weighted by atomic mass is 10.2. The van der Waals surface area contributed by atoms with E-state index in [1.54, 1.807) is 24.3 Å². The average Bonchev–Trinajstić information content (AvgIpc) is 3.41. The molecule has 0 aromatic heterocycles. The minimum absolute atomic E-state index is 0.121. The Balaban J connectivity index is 1.45. The molecule has 2 amide bonds. The molecular formula is C19H18ClFN2O2. The van der Waals surface area contributed by atoms with E-state index < -0.39 is 0 Å². The molecular weight excluding hydrogens is 343 g/mol. The third-order valence-corrected chi connectivity index (χ3v) is 4.65. The Morgan fingerprint density at radius 2 is 1.44 bits per heavy atom. The maximum absolute atomic E-state index is 13.5. The summed E-state index contributed by atoms with van der Waals surface area (Å²) in [5, 5.41) is 6.09. The van der Waals surface area contributed by atoms with Gasteiger partial charge in [-0.05, 0) is 24.1 Å². The first-order valence-electron chi connectivity index (χ1n) is 8.08. The molecule has 25 heavy (non-hydrogen) atoms. The lowest BCUT2D eigenvalue weighted by Gasteiger charge is -2.08. The van der Waals surface area contributed by atoms with Crippen LogP contribution in [0.25, 0.3) is 0 Å². The van der Waals surface area contributed by atoms with Crippen molar-refractivity contribution in [2.45, 2.75) is 19.5 Å². The van der Waals surface area contributed by atoms with Crippen LogP contribution < -0.4 is 10.6 Å². The zero-order valence-corrected chi connectivity index (χ0v) is 14.2. The number of carbonyl (C=O) groups excluding carboxylic acids is 2. The Morgan fingerprint density at radius 3 is 2.04 bits per heavy atom. The maximum Gasteiger partial charge on any atom is 0.224 e. The Kier molecular flexibility index (Phi) is 5.34. The number of halogens is 2. The molecule has 0 bridgehead atoms. The van der Waals surface area contributed by atoms with Crippen molar-refractivity contribution in [2.24, 2.45) is 11.8 Å². The van der Waals surface area contributed by atoms with Gasteiger partial charge in [-0.2, -0.15) is 0 Å². The second kappa shape index (κ2) is 7.66. The fraction of sp³-hybridized carbons (Fsp3) is 0.263. The van der Waals surface area contributed by atoms with E-state index in [0.29, 0.717) is 23.6 Å². The molecule has 3 rings (SSSR count). The molecule has 1 aliphatic rings. The summed E-state index contributed by atoms with van der Waals surface area (Å²) in [4.78, 5) is 24.2. The van der Waals surface area contributed by atoms with Crippen molar-refractivity contribution < 1.29 is 14.0 Å². The molecule has 0 saturated heterocycles. The number of hydrogen-bond acceptors (Lipinski definition) is 2. The smallest absolute Gasteiger partial charge is 0.224 e. The van der Waals surface area contributed by atoms with Crippen LogP contribution in [0, 0.1) is 17.7 Å². The highest BCUT2D eigenvalue weighted by molar-refractivity contribution is 6.31. The Morgan fingerprint density at radius 1 is 0.920 bits per heavy atom. The summed E-state index contributed by atoms with van der Waals surface area (Å²) in [5.74, 6) is -1.42. The van der Waals surface area contributed by atoms with E-state index in [4.69, 9.17) is 11.6 Å². The van der Waals surface area contributed by atoms with E-state index in [2.05, 4.69) is 10.6 Å². The van der Waals surface area contributed by atoms with Crippen LogP contribution in [-0.2, 0) is 22.7 Å². The van der Waals surface area contributed by atoms with Gasteiger partial charge in [-0.3, -0.25) is 9.59 Å². The van der Waals surface area contributed by atoms with Crippen LogP contribution in [0.2, 0.25) is 5.02 Å². The van der Waals surface area contributed by atoms with Gasteiger partial charge in [-0.15, -0.1) is 0 Å². The van der Waals surface area contributed by atoms with Crippen LogP contribution >= 0.6 is 11.6 Å². The van der Waals surface area contributed by atoms with E-state index in [0.717, 1.165) is 5.56 Å². The molecule has 0 spiro atoms. The first-order valence-corrected chi connectivity index (χ1v) is 8.46. The average molecular weight is 361 g/mol. The summed E-state index contributed by atoms with van der Waals surface area (Å²) in [6.07, 6.45) is 0.511. The van der Waals surface area contributed by atoms with Gasteiger partial charge >= 0.3 is 0 Å². The quantitative estimate of drug-likeness (QED) is 0.831. The third-order valence-electron chi connectivity index (χ3n) is 4.29. The van der Waals surface area contributed by atoms with Crippen molar-refractivity contribution in [3.8, 4) is 0 Å². The van der Waals surface area contributed by atoms with Crippen molar-refractivity contribution in [2.75, 3.05) is 0 Å². The summed E-state index contributed by atoms with van der Waals surface area (Å²) in [6, 6.07) is 13.6. The van der Waals surface area contributed by atoms with Gasteiger partial charge in [0.25, 0.3) is 0 Å². The van der Waals surface area contributed by atoms with E-state index in [1.807, 2.05) is 18.2 Å². The number of carbonyl (C=O) groups is 2. The molecule has 1 aliphatic carbocycles. The van der Waals surface area contributed by atoms with Gasteiger partial charge in [0.1, 0.15) is 5.82 Å². The minimum atomic E-state index is -0.354. The highest BCUT2D eigenvalue weighted by Gasteiger charge is 2.47. The number of amides is 2. The molecule has 0 aliphatic heterocycles. The largest absolute Gasteiger partial charge is 0.352 e. The highest BCUT2D eigenvalue weighted by atomic mass is 35.5. The second-order valence-electron chi connectivity index (χ2n) is 6.07. The van der Waals surface area contributed by atoms with Crippen LogP contribution in [0.3, 0.4) is 0 Å². The topological polar surface area (TPSA) is 58.2 Å². The van der Waals surface area contributed by atoms with Crippen molar-refractivity contribution in [1.29, 1.82) is 0 Å². The van der Waals surface area contributed by atoms with Crippen LogP contribution in [0.15, 0.2) is 48.5 Å². The van der Waals surface area contributed by atoms with E-state index in [9.17, 15) is 14.0 Å². The molecule has 0 radical (unpaired) electrons. The second-order valence-corrected chi connectivity index (χ2v) is 6.47. The molecule has 4 nitrogen and oxygen atoms in total. The van der Waals surface area contributed by atoms with Gasteiger partial charge in [0.2, 0.25) is 11.8 Å². The molecule has 2 atom stereocenters. The predicted molar refractivity (Wildman–Crippen MR) is 93.1 cm³/mol. The van der Waals surface area contributed by atoms with Gasteiger partial charge in [0.05, 0.1) is 11.8 Å². The molecule has 0 heterocycles. The van der Waals surface area contributed by atoms with Crippen molar-refractivity contribution in [3.05, 3.63) is 70.5 Å². The molecule has 2 N–H and O–H groups in total. The van der Waals surface area contributed by atoms with Crippen LogP contribution in [0.4, 0.5) is 4.39 Å². The summed E-state index contributed by atoms with van der Waals surface area (Å²) in [6.45, 7) is 0.453. The van der Waals surface area contributed by atoms with Gasteiger partial charge in [-0.25, -0.2) is 4.39 Å². The van der Waals surface area contributed by atoms with Crippen LogP contribution in [0.1, 0.15) is 17.5 Å². The zero-order chi connectivity index (χ0) is 17.8. The Hall–Kier alpha value is -2.40. The standard InChI is InChI=1S/C19H18ClFN2O2/c20-16-7-3-1-5-12(16)10-22-18(24)14-9-15(14)19(25)23-11-13-6-2-4-8-17(13)21/h1-8,14-15H,9-11H2,(H,22,24)(H,23,25). The zero-order valence-electron chi connectivity index (χ0n) is 13.5. The number of hydrogen-bond donors (Lipinski definition) is 2. The normalized spacial score (nSPS) is 18.5. The fourth-order valence-corrected chi connectivity index (χ4v) is 2.89. The SMILES string of the molecule is O=C(NCc1ccccc1F)C1CC1C(=O)NCc1ccccc1Cl. The van der Waals surface area contributed by atoms with Gasteiger partial charge in [0.15, 0.2) is 0 Å². The Bertz CT molecular complexity index is 731. The van der Waals surface area contributed by atoms with E-state index in [1.165, 1.54) is 6.07 Å². The van der Waals surface area contributed by atoms with Crippen LogP contribution in [0.5, 0.6) is 0 Å². The molecule has 2 unspecified atom stereocenters. The lowest BCUT2D eigenvalue weighted by molar-refractivity contribution is -0.127. The Labute approximate surface area is 150 Å². The van der Waals surface area contributed by atoms with E-state index in [-0.39, 0.29) is 36.0 Å².